The summed E-state index contributed by atoms with van der Waals surface area (Å²) in [6.07, 6.45) is 4.33. The number of nitrogens with zero attached hydrogens (tertiary/aromatic N) is 1. The van der Waals surface area contributed by atoms with Gasteiger partial charge in [0.15, 0.2) is 0 Å². The van der Waals surface area contributed by atoms with Gasteiger partial charge in [0, 0.05) is 33.2 Å². The van der Waals surface area contributed by atoms with Crippen LogP contribution in [-0.4, -0.2) is 23.6 Å². The Balaban J connectivity index is 1.69. The second-order valence-electron chi connectivity index (χ2n) is 6.18. The molecule has 3 heterocycles. The molecule has 0 aliphatic carbocycles. The van der Waals surface area contributed by atoms with Crippen molar-refractivity contribution in [1.82, 2.24) is 10.3 Å². The Hall–Kier alpha value is -1.91. The third kappa shape index (κ3) is 2.96. The van der Waals surface area contributed by atoms with E-state index in [9.17, 15) is 0 Å². The Bertz CT molecular complexity index is 797. The maximum absolute atomic E-state index is 4.61. The highest BCUT2D eigenvalue weighted by Crippen LogP contribution is 2.36. The molecule has 118 valence electrons. The molecule has 0 bridgehead atoms. The smallest absolute Gasteiger partial charge is 0.134 e. The Kier molecular flexibility index (Phi) is 4.02. The molecule has 4 heteroatoms. The van der Waals surface area contributed by atoms with Crippen molar-refractivity contribution >= 4 is 27.2 Å². The number of benzene rings is 1. The second-order valence-corrected chi connectivity index (χ2v) is 7.27. The normalized spacial score (nSPS) is 21.4. The minimum atomic E-state index is 0.446. The highest BCUT2D eigenvalue weighted by Gasteiger charge is 2.21. The van der Waals surface area contributed by atoms with Crippen molar-refractivity contribution in [3.8, 4) is 10.4 Å². The molecule has 1 fully saturated rings. The molecule has 2 atom stereocenters. The SMILES string of the molecule is C[C@@H]1NCCC[C@H]1Nc1nccc2sc(-c3ccccc3)cc12. The summed E-state index contributed by atoms with van der Waals surface area (Å²) in [5.74, 6) is 1.02. The Morgan fingerprint density at radius 2 is 2.09 bits per heavy atom. The molecule has 2 aromatic heterocycles. The quantitative estimate of drug-likeness (QED) is 0.744. The zero-order valence-corrected chi connectivity index (χ0v) is 14.1. The zero-order valence-electron chi connectivity index (χ0n) is 13.3. The number of thiophene rings is 1. The summed E-state index contributed by atoms with van der Waals surface area (Å²) >= 11 is 1.83. The molecule has 1 aliphatic rings. The molecule has 4 rings (SSSR count). The first-order valence-corrected chi connectivity index (χ1v) is 9.07. The third-order valence-corrected chi connectivity index (χ3v) is 5.74. The van der Waals surface area contributed by atoms with Crippen molar-refractivity contribution in [2.45, 2.75) is 31.8 Å². The first-order valence-electron chi connectivity index (χ1n) is 8.25. The monoisotopic (exact) mass is 323 g/mol. The lowest BCUT2D eigenvalue weighted by molar-refractivity contribution is 0.389. The molecular formula is C19H21N3S. The molecule has 1 aromatic carbocycles. The molecule has 0 spiro atoms. The summed E-state index contributed by atoms with van der Waals surface area (Å²) in [4.78, 5) is 5.91. The highest BCUT2D eigenvalue weighted by molar-refractivity contribution is 7.22. The van der Waals surface area contributed by atoms with Gasteiger partial charge in [-0.2, -0.15) is 0 Å². The van der Waals surface area contributed by atoms with Crippen LogP contribution in [0.2, 0.25) is 0 Å². The topological polar surface area (TPSA) is 37.0 Å². The van der Waals surface area contributed by atoms with Gasteiger partial charge in [0.2, 0.25) is 0 Å². The number of rotatable bonds is 3. The van der Waals surface area contributed by atoms with Gasteiger partial charge in [-0.05, 0) is 44.0 Å². The van der Waals surface area contributed by atoms with Crippen LogP contribution < -0.4 is 10.6 Å². The molecule has 3 aromatic rings. The van der Waals surface area contributed by atoms with Gasteiger partial charge in [0.1, 0.15) is 5.82 Å². The first kappa shape index (κ1) is 14.7. The summed E-state index contributed by atoms with van der Waals surface area (Å²) in [5.41, 5.74) is 1.27. The maximum Gasteiger partial charge on any atom is 0.134 e. The lowest BCUT2D eigenvalue weighted by Crippen LogP contribution is -2.46. The van der Waals surface area contributed by atoms with Gasteiger partial charge in [-0.3, -0.25) is 0 Å². The summed E-state index contributed by atoms with van der Waals surface area (Å²) in [7, 11) is 0. The number of aromatic nitrogens is 1. The van der Waals surface area contributed by atoms with Crippen LogP contribution in [0.1, 0.15) is 19.8 Å². The largest absolute Gasteiger partial charge is 0.365 e. The minimum Gasteiger partial charge on any atom is -0.365 e. The van der Waals surface area contributed by atoms with Gasteiger partial charge in [0.25, 0.3) is 0 Å². The number of nitrogens with one attached hydrogen (secondary N) is 2. The zero-order chi connectivity index (χ0) is 15.6. The number of pyridine rings is 1. The molecule has 0 saturated carbocycles. The minimum absolute atomic E-state index is 0.446. The van der Waals surface area contributed by atoms with Crippen LogP contribution in [0.3, 0.4) is 0 Å². The summed E-state index contributed by atoms with van der Waals surface area (Å²) < 4.78 is 1.29. The van der Waals surface area contributed by atoms with Crippen LogP contribution in [0.4, 0.5) is 5.82 Å². The maximum atomic E-state index is 4.61. The van der Waals surface area contributed by atoms with Crippen molar-refractivity contribution in [3.05, 3.63) is 48.7 Å². The summed E-state index contributed by atoms with van der Waals surface area (Å²) in [6, 6.07) is 15.9. The van der Waals surface area contributed by atoms with Crippen LogP contribution in [0.15, 0.2) is 48.7 Å². The van der Waals surface area contributed by atoms with Gasteiger partial charge in [-0.15, -0.1) is 11.3 Å². The number of anilines is 1. The van der Waals surface area contributed by atoms with Gasteiger partial charge < -0.3 is 10.6 Å². The predicted octanol–water partition coefficient (Wildman–Crippen LogP) is 4.52. The van der Waals surface area contributed by atoms with Gasteiger partial charge in [0.05, 0.1) is 0 Å². The van der Waals surface area contributed by atoms with Crippen LogP contribution >= 0.6 is 11.3 Å². The van der Waals surface area contributed by atoms with E-state index in [1.807, 2.05) is 17.5 Å². The van der Waals surface area contributed by atoms with E-state index in [0.29, 0.717) is 12.1 Å². The van der Waals surface area contributed by atoms with Crippen molar-refractivity contribution < 1.29 is 0 Å². The van der Waals surface area contributed by atoms with Gasteiger partial charge in [-0.25, -0.2) is 4.98 Å². The molecule has 23 heavy (non-hydrogen) atoms. The standard InChI is InChI=1S/C19H21N3S/c1-13-16(8-5-10-20-13)22-19-15-12-18(14-6-3-2-4-7-14)23-17(15)9-11-21-19/h2-4,6-7,9,11-13,16,20H,5,8,10H2,1H3,(H,21,22)/t13-,16+/m0/s1. The summed E-state index contributed by atoms with van der Waals surface area (Å²) in [5, 5.41) is 8.45. The Labute approximate surface area is 140 Å². The first-order chi connectivity index (χ1) is 11.3. The predicted molar refractivity (Wildman–Crippen MR) is 99.2 cm³/mol. The van der Waals surface area contributed by atoms with Crippen molar-refractivity contribution in [2.24, 2.45) is 0 Å². The number of hydrogen-bond donors (Lipinski definition) is 2. The molecular weight excluding hydrogens is 302 g/mol. The number of fused-ring (bicyclic) bond motifs is 1. The van der Waals surface area contributed by atoms with Crippen molar-refractivity contribution in [1.29, 1.82) is 0 Å². The molecule has 1 saturated heterocycles. The molecule has 0 amide bonds. The second kappa shape index (κ2) is 6.30. The Morgan fingerprint density at radius 1 is 1.22 bits per heavy atom. The third-order valence-electron chi connectivity index (χ3n) is 4.59. The summed E-state index contributed by atoms with van der Waals surface area (Å²) in [6.45, 7) is 3.37. The fraction of sp³-hybridized carbons (Fsp3) is 0.316. The van der Waals surface area contributed by atoms with E-state index in [0.717, 1.165) is 12.4 Å². The highest BCUT2D eigenvalue weighted by atomic mass is 32.1. The van der Waals surface area contributed by atoms with Gasteiger partial charge >= 0.3 is 0 Å². The van der Waals surface area contributed by atoms with Gasteiger partial charge in [-0.1, -0.05) is 30.3 Å². The van der Waals surface area contributed by atoms with E-state index < -0.39 is 0 Å². The lowest BCUT2D eigenvalue weighted by atomic mass is 10.00. The average molecular weight is 323 g/mol. The molecule has 3 nitrogen and oxygen atoms in total. The van der Waals surface area contributed by atoms with E-state index in [1.165, 1.54) is 33.4 Å². The van der Waals surface area contributed by atoms with Crippen LogP contribution in [0.5, 0.6) is 0 Å². The molecule has 0 unspecified atom stereocenters. The fourth-order valence-electron chi connectivity index (χ4n) is 3.24. The van der Waals surface area contributed by atoms with Crippen molar-refractivity contribution in [2.75, 3.05) is 11.9 Å². The fourth-order valence-corrected chi connectivity index (χ4v) is 4.30. The molecule has 0 radical (unpaired) electrons. The molecule has 2 N–H and O–H groups in total. The van der Waals surface area contributed by atoms with Crippen molar-refractivity contribution in [3.63, 3.8) is 0 Å². The van der Waals surface area contributed by atoms with E-state index >= 15 is 0 Å². The van der Waals surface area contributed by atoms with E-state index in [-0.39, 0.29) is 0 Å². The van der Waals surface area contributed by atoms with Crippen LogP contribution in [0.25, 0.3) is 20.5 Å². The lowest BCUT2D eigenvalue weighted by Gasteiger charge is -2.31. The van der Waals surface area contributed by atoms with E-state index in [4.69, 9.17) is 0 Å². The Morgan fingerprint density at radius 3 is 2.91 bits per heavy atom. The molecule has 1 aliphatic heterocycles. The number of hydrogen-bond acceptors (Lipinski definition) is 4. The van der Waals surface area contributed by atoms with Crippen LogP contribution in [-0.2, 0) is 0 Å². The van der Waals surface area contributed by atoms with E-state index in [2.05, 4.69) is 65.0 Å². The number of piperidine rings is 1. The average Bonchev–Trinajstić information content (AvgIpc) is 3.03. The van der Waals surface area contributed by atoms with E-state index in [1.54, 1.807) is 0 Å². The van der Waals surface area contributed by atoms with Crippen LogP contribution in [0, 0.1) is 0 Å².